The molecule has 0 unspecified atom stereocenters. The van der Waals surface area contributed by atoms with Gasteiger partial charge in [-0.25, -0.2) is 4.98 Å². The summed E-state index contributed by atoms with van der Waals surface area (Å²) in [6.07, 6.45) is 5.76. The van der Waals surface area contributed by atoms with Crippen LogP contribution in [0.3, 0.4) is 0 Å². The summed E-state index contributed by atoms with van der Waals surface area (Å²) in [6, 6.07) is 2.55. The minimum Gasteiger partial charge on any atom is -0.469 e. The van der Waals surface area contributed by atoms with Crippen LogP contribution in [0.15, 0.2) is 18.3 Å². The second-order valence-corrected chi connectivity index (χ2v) is 8.52. The Morgan fingerprint density at radius 2 is 2.00 bits per heavy atom. The largest absolute Gasteiger partial charge is 0.469 e. The van der Waals surface area contributed by atoms with Gasteiger partial charge >= 0.3 is 5.97 Å². The lowest BCUT2D eigenvalue weighted by molar-refractivity contribution is -0.147. The fraction of sp³-hybridized carbons (Fsp3) is 0.565. The Labute approximate surface area is 193 Å². The van der Waals surface area contributed by atoms with E-state index in [4.69, 9.17) is 10.1 Å². The van der Waals surface area contributed by atoms with Gasteiger partial charge in [0.2, 0.25) is 11.8 Å². The lowest BCUT2D eigenvalue weighted by Gasteiger charge is -2.31. The number of nitrogens with zero attached hydrogens (tertiary/aromatic N) is 2. The molecule has 0 spiro atoms. The number of amides is 2. The van der Waals surface area contributed by atoms with Crippen LogP contribution in [-0.2, 0) is 23.9 Å². The fourth-order valence-corrected chi connectivity index (χ4v) is 4.54. The third kappa shape index (κ3) is 5.94. The number of rotatable bonds is 8. The average molecular weight is 458 g/mol. The van der Waals surface area contributed by atoms with E-state index in [9.17, 15) is 19.2 Å². The molecule has 33 heavy (non-hydrogen) atoms. The molecule has 178 valence electrons. The van der Waals surface area contributed by atoms with Crippen LogP contribution in [0.1, 0.15) is 51.0 Å². The molecule has 10 heteroatoms. The van der Waals surface area contributed by atoms with Gasteiger partial charge in [-0.3, -0.25) is 24.6 Å². The van der Waals surface area contributed by atoms with Gasteiger partial charge in [-0.05, 0) is 44.2 Å². The number of anilines is 1. The molecule has 1 aromatic rings. The summed E-state index contributed by atoms with van der Waals surface area (Å²) in [5.41, 5.74) is 0.139. The Kier molecular flexibility index (Phi) is 8.13. The van der Waals surface area contributed by atoms with Crippen molar-refractivity contribution in [3.8, 4) is 0 Å². The number of likely N-dealkylation sites (tertiary alicyclic amines) is 1. The number of hydrogen-bond donors (Lipinski definition) is 3. The quantitative estimate of drug-likeness (QED) is 0.394. The van der Waals surface area contributed by atoms with E-state index in [0.29, 0.717) is 24.9 Å². The molecule has 10 nitrogen and oxygen atoms in total. The molecule has 2 fully saturated rings. The number of aromatic nitrogens is 1. The Morgan fingerprint density at radius 1 is 1.21 bits per heavy atom. The number of carbonyl (C=O) groups excluding carboxylic acids is 4. The van der Waals surface area contributed by atoms with Gasteiger partial charge in [0.25, 0.3) is 0 Å². The smallest absolute Gasteiger partial charge is 0.308 e. The summed E-state index contributed by atoms with van der Waals surface area (Å²) in [4.78, 5) is 55.0. The van der Waals surface area contributed by atoms with Gasteiger partial charge < -0.3 is 20.3 Å². The lowest BCUT2D eigenvalue weighted by Crippen LogP contribution is -2.51. The van der Waals surface area contributed by atoms with Crippen LogP contribution in [0.4, 0.5) is 5.82 Å². The predicted octanol–water partition coefficient (Wildman–Crippen LogP) is 1.29. The molecule has 0 bridgehead atoms. The van der Waals surface area contributed by atoms with Crippen LogP contribution in [0.25, 0.3) is 0 Å². The summed E-state index contributed by atoms with van der Waals surface area (Å²) < 4.78 is 4.84. The first-order valence-electron chi connectivity index (χ1n) is 11.3. The van der Waals surface area contributed by atoms with E-state index in [2.05, 4.69) is 15.6 Å². The third-order valence-electron chi connectivity index (χ3n) is 6.27. The molecule has 1 saturated heterocycles. The van der Waals surface area contributed by atoms with E-state index in [1.54, 1.807) is 17.0 Å². The molecule has 0 aromatic carbocycles. The lowest BCUT2D eigenvalue weighted by atomic mass is 9.85. The van der Waals surface area contributed by atoms with Gasteiger partial charge in [0.1, 0.15) is 17.6 Å². The molecule has 2 aliphatic rings. The first-order chi connectivity index (χ1) is 15.8. The monoisotopic (exact) mass is 457 g/mol. The normalized spacial score (nSPS) is 22.4. The van der Waals surface area contributed by atoms with Gasteiger partial charge in [-0.15, -0.1) is 0 Å². The number of Topliss-reactive ketones (excluding diaryl/α,β-unsaturated/α-hetero) is 1. The third-order valence-corrected chi connectivity index (χ3v) is 6.27. The van der Waals surface area contributed by atoms with Crippen molar-refractivity contribution in [2.45, 2.75) is 57.5 Å². The molecule has 3 N–H and O–H groups in total. The second kappa shape index (κ2) is 11.0. The van der Waals surface area contributed by atoms with Crippen LogP contribution in [0.2, 0.25) is 0 Å². The van der Waals surface area contributed by atoms with Crippen molar-refractivity contribution >= 4 is 35.1 Å². The number of methoxy groups -OCH3 is 1. The Bertz CT molecular complexity index is 934. The fourth-order valence-electron chi connectivity index (χ4n) is 4.54. The first kappa shape index (κ1) is 24.3. The number of ether oxygens (including phenoxy) is 1. The van der Waals surface area contributed by atoms with Crippen LogP contribution in [0, 0.1) is 11.3 Å². The van der Waals surface area contributed by atoms with Crippen LogP contribution in [-0.4, -0.2) is 71.4 Å². The minimum absolute atomic E-state index is 0.104. The first-order valence-corrected chi connectivity index (χ1v) is 11.3. The molecule has 1 aliphatic heterocycles. The highest BCUT2D eigenvalue weighted by Gasteiger charge is 2.36. The maximum Gasteiger partial charge on any atom is 0.308 e. The van der Waals surface area contributed by atoms with E-state index < -0.39 is 11.8 Å². The van der Waals surface area contributed by atoms with Gasteiger partial charge in [0.15, 0.2) is 5.78 Å². The van der Waals surface area contributed by atoms with E-state index in [1.165, 1.54) is 20.2 Å². The summed E-state index contributed by atoms with van der Waals surface area (Å²) >= 11 is 0. The number of nitrogens with one attached hydrogen (secondary N) is 3. The topological polar surface area (TPSA) is 142 Å². The summed E-state index contributed by atoms with van der Waals surface area (Å²) in [5.74, 6) is -1.03. The van der Waals surface area contributed by atoms with Gasteiger partial charge in [0, 0.05) is 31.3 Å². The van der Waals surface area contributed by atoms with E-state index in [1.807, 2.05) is 0 Å². The number of ketones is 1. The van der Waals surface area contributed by atoms with Gasteiger partial charge in [-0.1, -0.05) is 6.42 Å². The molecule has 1 saturated carbocycles. The average Bonchev–Trinajstić information content (AvgIpc) is 3.32. The van der Waals surface area contributed by atoms with Crippen molar-refractivity contribution in [2.24, 2.45) is 5.92 Å². The molecule has 0 radical (unpaired) electrons. The SMILES string of the molecule is COC(=O)[C@@H]1CCC[C@H](NC(=O)[C@@H]2CCCN2C(=O)CNc2ncccc2C(=N)C(C)=O)C1. The highest BCUT2D eigenvalue weighted by Crippen LogP contribution is 2.26. The Hall–Kier alpha value is -3.30. The Balaban J connectivity index is 1.58. The van der Waals surface area contributed by atoms with Crippen LogP contribution in [0.5, 0.6) is 0 Å². The van der Waals surface area contributed by atoms with Crippen molar-refractivity contribution < 1.29 is 23.9 Å². The van der Waals surface area contributed by atoms with Gasteiger partial charge in [0.05, 0.1) is 19.6 Å². The molecule has 3 rings (SSSR count). The van der Waals surface area contributed by atoms with Crippen molar-refractivity contribution in [3.05, 3.63) is 23.9 Å². The maximum absolute atomic E-state index is 12.9. The molecule has 2 heterocycles. The zero-order valence-corrected chi connectivity index (χ0v) is 19.1. The highest BCUT2D eigenvalue weighted by atomic mass is 16.5. The standard InChI is InChI=1S/C23H31N5O5/c1-14(29)20(24)17-8-4-10-25-21(17)26-13-19(30)28-11-5-9-18(28)22(31)27-16-7-3-6-15(12-16)23(32)33-2/h4,8,10,15-16,18,24H,3,5-7,9,11-13H2,1-2H3,(H,25,26)(H,27,31)/t15-,16+,18+/m1/s1. The summed E-state index contributed by atoms with van der Waals surface area (Å²) in [6.45, 7) is 1.68. The predicted molar refractivity (Wildman–Crippen MR) is 121 cm³/mol. The zero-order valence-electron chi connectivity index (χ0n) is 19.1. The van der Waals surface area contributed by atoms with Crippen molar-refractivity contribution in [1.82, 2.24) is 15.2 Å². The van der Waals surface area contributed by atoms with Crippen LogP contribution >= 0.6 is 0 Å². The van der Waals surface area contributed by atoms with Crippen LogP contribution < -0.4 is 10.6 Å². The molecular weight excluding hydrogens is 426 g/mol. The number of hydrogen-bond acceptors (Lipinski definition) is 8. The summed E-state index contributed by atoms with van der Waals surface area (Å²) in [7, 11) is 1.37. The van der Waals surface area contributed by atoms with E-state index >= 15 is 0 Å². The second-order valence-electron chi connectivity index (χ2n) is 8.52. The molecule has 1 aromatic heterocycles. The number of pyridine rings is 1. The molecule has 3 atom stereocenters. The highest BCUT2D eigenvalue weighted by molar-refractivity contribution is 6.45. The minimum atomic E-state index is -0.559. The summed E-state index contributed by atoms with van der Waals surface area (Å²) in [5, 5.41) is 13.9. The maximum atomic E-state index is 12.9. The van der Waals surface area contributed by atoms with Crippen molar-refractivity contribution in [3.63, 3.8) is 0 Å². The Morgan fingerprint density at radius 3 is 2.73 bits per heavy atom. The molecule has 2 amide bonds. The van der Waals surface area contributed by atoms with Crippen molar-refractivity contribution in [1.29, 1.82) is 5.41 Å². The molecule has 1 aliphatic carbocycles. The van der Waals surface area contributed by atoms with E-state index in [-0.39, 0.29) is 47.8 Å². The molecular formula is C23H31N5O5. The van der Waals surface area contributed by atoms with Crippen molar-refractivity contribution in [2.75, 3.05) is 25.5 Å². The zero-order chi connectivity index (χ0) is 24.0. The van der Waals surface area contributed by atoms with Gasteiger partial charge in [-0.2, -0.15) is 0 Å². The van der Waals surface area contributed by atoms with E-state index in [0.717, 1.165) is 25.7 Å². The number of esters is 1. The number of carbonyl (C=O) groups is 4.